The van der Waals surface area contributed by atoms with Gasteiger partial charge in [-0.15, -0.1) is 0 Å². The summed E-state index contributed by atoms with van der Waals surface area (Å²) in [6, 6.07) is -0.292. The van der Waals surface area contributed by atoms with Crippen molar-refractivity contribution < 1.29 is 9.59 Å². The number of carbonyl (C=O) groups is 2. The molecule has 0 aromatic rings. The summed E-state index contributed by atoms with van der Waals surface area (Å²) in [5.41, 5.74) is 0. The molecule has 2 rings (SSSR count). The Bertz CT molecular complexity index is 287. The van der Waals surface area contributed by atoms with Gasteiger partial charge in [0.15, 0.2) is 0 Å². The lowest BCUT2D eigenvalue weighted by molar-refractivity contribution is -0.133. The van der Waals surface area contributed by atoms with Crippen LogP contribution in [0.15, 0.2) is 0 Å². The van der Waals surface area contributed by atoms with Crippen molar-refractivity contribution in [3.8, 4) is 0 Å². The van der Waals surface area contributed by atoms with Gasteiger partial charge in [-0.2, -0.15) is 0 Å². The molecule has 0 aromatic carbocycles. The Balaban J connectivity index is 1.84. The Morgan fingerprint density at radius 1 is 1.50 bits per heavy atom. The number of likely N-dealkylation sites (tertiary alicyclic amines) is 1. The first-order valence-electron chi connectivity index (χ1n) is 5.94. The van der Waals surface area contributed by atoms with E-state index in [0.29, 0.717) is 0 Å². The molecule has 2 heterocycles. The van der Waals surface area contributed by atoms with E-state index in [1.54, 1.807) is 11.9 Å². The van der Waals surface area contributed by atoms with Gasteiger partial charge >= 0.3 is 0 Å². The van der Waals surface area contributed by atoms with E-state index in [1.807, 2.05) is 0 Å². The molecule has 0 saturated carbocycles. The highest BCUT2D eigenvalue weighted by Crippen LogP contribution is 2.13. The number of piperidine rings is 1. The summed E-state index contributed by atoms with van der Waals surface area (Å²) < 4.78 is 0. The molecule has 2 aliphatic heterocycles. The summed E-state index contributed by atoms with van der Waals surface area (Å²) in [6.45, 7) is 2.48. The second kappa shape index (κ2) is 4.82. The fourth-order valence-corrected chi connectivity index (χ4v) is 2.32. The van der Waals surface area contributed by atoms with Crippen LogP contribution in [0.3, 0.4) is 0 Å². The largest absolute Gasteiger partial charge is 0.344 e. The molecule has 16 heavy (non-hydrogen) atoms. The van der Waals surface area contributed by atoms with Gasteiger partial charge in [0.05, 0.1) is 5.92 Å². The summed E-state index contributed by atoms with van der Waals surface area (Å²) in [7, 11) is 1.77. The number of hydrogen-bond acceptors (Lipinski definition) is 3. The molecule has 0 aromatic heterocycles. The highest BCUT2D eigenvalue weighted by atomic mass is 16.2. The van der Waals surface area contributed by atoms with Gasteiger partial charge in [-0.25, -0.2) is 0 Å². The van der Waals surface area contributed by atoms with Gasteiger partial charge in [0, 0.05) is 20.1 Å². The van der Waals surface area contributed by atoms with E-state index in [0.717, 1.165) is 38.9 Å². The maximum atomic E-state index is 11.9. The van der Waals surface area contributed by atoms with Gasteiger partial charge in [-0.05, 0) is 25.8 Å². The van der Waals surface area contributed by atoms with Crippen LogP contribution >= 0.6 is 0 Å². The number of rotatable bonds is 2. The van der Waals surface area contributed by atoms with E-state index in [-0.39, 0.29) is 23.8 Å². The minimum atomic E-state index is -0.292. The van der Waals surface area contributed by atoms with Crippen LogP contribution in [0.5, 0.6) is 0 Å². The molecule has 5 heteroatoms. The summed E-state index contributed by atoms with van der Waals surface area (Å²) >= 11 is 0. The predicted octanol–water partition coefficient (Wildman–Crippen LogP) is -0.667. The lowest BCUT2D eigenvalue weighted by atomic mass is 9.98. The van der Waals surface area contributed by atoms with Gasteiger partial charge in [0.25, 0.3) is 0 Å². The molecule has 0 spiro atoms. The first kappa shape index (κ1) is 11.4. The lowest BCUT2D eigenvalue weighted by Crippen LogP contribution is -2.46. The minimum Gasteiger partial charge on any atom is -0.344 e. The van der Waals surface area contributed by atoms with Crippen molar-refractivity contribution in [2.75, 3.05) is 26.7 Å². The summed E-state index contributed by atoms with van der Waals surface area (Å²) in [4.78, 5) is 25.2. The molecule has 0 aliphatic carbocycles. The number of nitrogens with one attached hydrogen (secondary N) is 2. The first-order valence-corrected chi connectivity index (χ1v) is 5.94. The van der Waals surface area contributed by atoms with Gasteiger partial charge in [-0.3, -0.25) is 9.59 Å². The van der Waals surface area contributed by atoms with E-state index in [1.165, 1.54) is 0 Å². The molecule has 2 atom stereocenters. The average molecular weight is 225 g/mol. The van der Waals surface area contributed by atoms with E-state index in [4.69, 9.17) is 0 Å². The Kier molecular flexibility index (Phi) is 3.43. The van der Waals surface area contributed by atoms with Crippen LogP contribution in [-0.2, 0) is 9.59 Å². The van der Waals surface area contributed by atoms with Gasteiger partial charge in [-0.1, -0.05) is 0 Å². The third kappa shape index (κ3) is 2.35. The van der Waals surface area contributed by atoms with Crippen molar-refractivity contribution in [3.63, 3.8) is 0 Å². The van der Waals surface area contributed by atoms with Crippen LogP contribution in [0.25, 0.3) is 0 Å². The molecule has 2 saturated heterocycles. The Hall–Kier alpha value is -1.10. The molecule has 2 amide bonds. The molecule has 5 nitrogen and oxygen atoms in total. The average Bonchev–Trinajstić information content (AvgIpc) is 2.62. The SMILES string of the molecule is CN1CCC(NC(=O)[C@@H]2CCCNC2)C1=O. The Morgan fingerprint density at radius 2 is 2.31 bits per heavy atom. The predicted molar refractivity (Wildman–Crippen MR) is 59.8 cm³/mol. The van der Waals surface area contributed by atoms with Crippen LogP contribution in [0, 0.1) is 5.92 Å². The van der Waals surface area contributed by atoms with Gasteiger partial charge < -0.3 is 15.5 Å². The minimum absolute atomic E-state index is 0.0286. The molecule has 2 N–H and O–H groups in total. The van der Waals surface area contributed by atoms with Crippen LogP contribution in [0.1, 0.15) is 19.3 Å². The summed E-state index contributed by atoms with van der Waals surface area (Å²) in [5, 5.41) is 6.06. The fourth-order valence-electron chi connectivity index (χ4n) is 2.32. The van der Waals surface area contributed by atoms with Crippen LogP contribution in [-0.4, -0.2) is 49.4 Å². The van der Waals surface area contributed by atoms with Crippen LogP contribution in [0.2, 0.25) is 0 Å². The van der Waals surface area contributed by atoms with Gasteiger partial charge in [0.2, 0.25) is 11.8 Å². The number of carbonyl (C=O) groups excluding carboxylic acids is 2. The number of nitrogens with zero attached hydrogens (tertiary/aromatic N) is 1. The molecule has 0 bridgehead atoms. The zero-order valence-electron chi connectivity index (χ0n) is 9.66. The lowest BCUT2D eigenvalue weighted by Gasteiger charge is -2.23. The monoisotopic (exact) mass is 225 g/mol. The topological polar surface area (TPSA) is 61.4 Å². The number of likely N-dealkylation sites (N-methyl/N-ethyl adjacent to an activating group) is 1. The van der Waals surface area contributed by atoms with E-state index in [9.17, 15) is 9.59 Å². The fraction of sp³-hybridized carbons (Fsp3) is 0.818. The van der Waals surface area contributed by atoms with E-state index < -0.39 is 0 Å². The van der Waals surface area contributed by atoms with Crippen molar-refractivity contribution in [1.82, 2.24) is 15.5 Å². The van der Waals surface area contributed by atoms with Crippen molar-refractivity contribution in [3.05, 3.63) is 0 Å². The van der Waals surface area contributed by atoms with Crippen molar-refractivity contribution >= 4 is 11.8 Å². The highest BCUT2D eigenvalue weighted by Gasteiger charge is 2.32. The molecular weight excluding hydrogens is 206 g/mol. The van der Waals surface area contributed by atoms with E-state index >= 15 is 0 Å². The third-order valence-corrected chi connectivity index (χ3v) is 3.41. The maximum Gasteiger partial charge on any atom is 0.244 e. The maximum absolute atomic E-state index is 11.9. The zero-order valence-corrected chi connectivity index (χ0v) is 9.66. The van der Waals surface area contributed by atoms with Crippen molar-refractivity contribution in [2.45, 2.75) is 25.3 Å². The third-order valence-electron chi connectivity index (χ3n) is 3.41. The van der Waals surface area contributed by atoms with Crippen molar-refractivity contribution in [2.24, 2.45) is 5.92 Å². The standard InChI is InChI=1S/C11H19N3O2/c1-14-6-4-9(11(14)16)13-10(15)8-3-2-5-12-7-8/h8-9,12H,2-7H2,1H3,(H,13,15)/t8-,9?/m1/s1. The molecular formula is C11H19N3O2. The van der Waals surface area contributed by atoms with Gasteiger partial charge in [0.1, 0.15) is 6.04 Å². The molecule has 0 radical (unpaired) electrons. The quantitative estimate of drug-likeness (QED) is 0.655. The Morgan fingerprint density at radius 3 is 2.88 bits per heavy atom. The summed E-state index contributed by atoms with van der Waals surface area (Å²) in [6.07, 6.45) is 2.70. The second-order valence-electron chi connectivity index (χ2n) is 4.65. The first-order chi connectivity index (χ1) is 7.68. The van der Waals surface area contributed by atoms with Crippen molar-refractivity contribution in [1.29, 1.82) is 0 Å². The number of amides is 2. The molecule has 90 valence electrons. The van der Waals surface area contributed by atoms with Crippen LogP contribution in [0.4, 0.5) is 0 Å². The smallest absolute Gasteiger partial charge is 0.244 e. The Labute approximate surface area is 95.6 Å². The van der Waals surface area contributed by atoms with E-state index in [2.05, 4.69) is 10.6 Å². The zero-order chi connectivity index (χ0) is 11.5. The highest BCUT2D eigenvalue weighted by molar-refractivity contribution is 5.89. The normalized spacial score (nSPS) is 30.6. The molecule has 2 aliphatic rings. The molecule has 2 fully saturated rings. The second-order valence-corrected chi connectivity index (χ2v) is 4.65. The number of hydrogen-bond donors (Lipinski definition) is 2. The van der Waals surface area contributed by atoms with Crippen LogP contribution < -0.4 is 10.6 Å². The molecule has 1 unspecified atom stereocenters. The summed E-state index contributed by atoms with van der Waals surface area (Å²) in [5.74, 6) is 0.102.